The molecule has 1 fully saturated rings. The van der Waals surface area contributed by atoms with Crippen molar-refractivity contribution in [2.75, 3.05) is 20.2 Å². The van der Waals surface area contributed by atoms with E-state index in [1.165, 1.54) is 0 Å². The van der Waals surface area contributed by atoms with Crippen LogP contribution < -0.4 is 5.73 Å². The van der Waals surface area contributed by atoms with Gasteiger partial charge in [-0.3, -0.25) is 9.88 Å². The van der Waals surface area contributed by atoms with Crippen LogP contribution in [0.4, 0.5) is 0 Å². The summed E-state index contributed by atoms with van der Waals surface area (Å²) < 4.78 is 5.42. The van der Waals surface area contributed by atoms with E-state index in [1.807, 2.05) is 18.3 Å². The van der Waals surface area contributed by atoms with E-state index in [4.69, 9.17) is 10.5 Å². The molecule has 0 amide bonds. The molecule has 1 aliphatic rings. The summed E-state index contributed by atoms with van der Waals surface area (Å²) in [6, 6.07) is 6.45. The first-order valence-corrected chi connectivity index (χ1v) is 6.20. The first-order valence-electron chi connectivity index (χ1n) is 6.20. The fourth-order valence-corrected chi connectivity index (χ4v) is 2.43. The topological polar surface area (TPSA) is 51.4 Å². The highest BCUT2D eigenvalue weighted by Gasteiger charge is 2.27. The summed E-state index contributed by atoms with van der Waals surface area (Å²) in [5, 5.41) is 0. The van der Waals surface area contributed by atoms with Crippen LogP contribution in [0, 0.1) is 0 Å². The van der Waals surface area contributed by atoms with Gasteiger partial charge in [-0.1, -0.05) is 6.07 Å². The van der Waals surface area contributed by atoms with Crippen molar-refractivity contribution in [2.45, 2.75) is 31.5 Å². The molecule has 0 radical (unpaired) electrons. The second-order valence-corrected chi connectivity index (χ2v) is 4.56. The van der Waals surface area contributed by atoms with Crippen molar-refractivity contribution < 1.29 is 4.74 Å². The van der Waals surface area contributed by atoms with E-state index in [9.17, 15) is 0 Å². The molecule has 2 atom stereocenters. The number of hydrogen-bond acceptors (Lipinski definition) is 4. The van der Waals surface area contributed by atoms with Crippen LogP contribution in [0.2, 0.25) is 0 Å². The fourth-order valence-electron chi connectivity index (χ4n) is 2.43. The summed E-state index contributed by atoms with van der Waals surface area (Å²) in [5.74, 6) is 0. The van der Waals surface area contributed by atoms with Crippen molar-refractivity contribution in [2.24, 2.45) is 5.73 Å². The van der Waals surface area contributed by atoms with Gasteiger partial charge in [-0.05, 0) is 25.0 Å². The minimum atomic E-state index is 0.364. The Morgan fingerprint density at radius 2 is 2.41 bits per heavy atom. The van der Waals surface area contributed by atoms with Gasteiger partial charge < -0.3 is 10.5 Å². The maximum absolute atomic E-state index is 5.85. The Hall–Kier alpha value is -0.970. The summed E-state index contributed by atoms with van der Waals surface area (Å²) >= 11 is 0. The molecular formula is C13H21N3O. The van der Waals surface area contributed by atoms with Crippen molar-refractivity contribution in [1.82, 2.24) is 9.88 Å². The lowest BCUT2D eigenvalue weighted by atomic mass is 9.99. The van der Waals surface area contributed by atoms with Crippen LogP contribution in [0.3, 0.4) is 0 Å². The molecule has 94 valence electrons. The minimum Gasteiger partial charge on any atom is -0.381 e. The van der Waals surface area contributed by atoms with Crippen molar-refractivity contribution in [3.63, 3.8) is 0 Å². The number of nitrogens with two attached hydrogens (primary N) is 1. The van der Waals surface area contributed by atoms with Gasteiger partial charge in [-0.2, -0.15) is 0 Å². The van der Waals surface area contributed by atoms with Gasteiger partial charge in [-0.15, -0.1) is 0 Å². The molecule has 2 N–H and O–H groups in total. The number of hydrogen-bond donors (Lipinski definition) is 1. The van der Waals surface area contributed by atoms with Crippen LogP contribution in [0.15, 0.2) is 24.4 Å². The smallest absolute Gasteiger partial charge is 0.0599 e. The normalized spacial score (nSPS) is 26.0. The van der Waals surface area contributed by atoms with Crippen LogP contribution in [-0.4, -0.2) is 42.2 Å². The standard InChI is InChI=1S/C13H21N3O/c1-17-13-5-7-16(12(8-13)9-14)10-11-4-2-3-6-15-11/h2-4,6,12-13H,5,7-10,14H2,1H3. The van der Waals surface area contributed by atoms with Gasteiger partial charge in [0.25, 0.3) is 0 Å². The molecule has 2 rings (SSSR count). The molecule has 1 aromatic heterocycles. The molecule has 0 aromatic carbocycles. The zero-order valence-electron chi connectivity index (χ0n) is 10.4. The molecule has 0 bridgehead atoms. The van der Waals surface area contributed by atoms with E-state index in [1.54, 1.807) is 7.11 Å². The zero-order chi connectivity index (χ0) is 12.1. The largest absolute Gasteiger partial charge is 0.381 e. The van der Waals surface area contributed by atoms with Gasteiger partial charge in [0.2, 0.25) is 0 Å². The minimum absolute atomic E-state index is 0.364. The molecule has 4 nitrogen and oxygen atoms in total. The predicted octanol–water partition coefficient (Wildman–Crippen LogP) is 1.02. The van der Waals surface area contributed by atoms with E-state index in [2.05, 4.69) is 16.0 Å². The number of methoxy groups -OCH3 is 1. The Labute approximate surface area is 103 Å². The quantitative estimate of drug-likeness (QED) is 0.846. The Bertz CT molecular complexity index is 331. The van der Waals surface area contributed by atoms with Crippen molar-refractivity contribution >= 4 is 0 Å². The zero-order valence-corrected chi connectivity index (χ0v) is 10.4. The molecule has 4 heteroatoms. The van der Waals surface area contributed by atoms with Crippen LogP contribution in [0.25, 0.3) is 0 Å². The number of ether oxygens (including phenoxy) is 1. The molecule has 0 spiro atoms. The van der Waals surface area contributed by atoms with Crippen molar-refractivity contribution in [3.8, 4) is 0 Å². The Balaban J connectivity index is 1.96. The highest BCUT2D eigenvalue weighted by molar-refractivity contribution is 5.04. The molecule has 2 unspecified atom stereocenters. The molecule has 0 saturated carbocycles. The maximum atomic E-state index is 5.85. The third-order valence-electron chi connectivity index (χ3n) is 3.49. The fraction of sp³-hybridized carbons (Fsp3) is 0.615. The number of pyridine rings is 1. The second-order valence-electron chi connectivity index (χ2n) is 4.56. The van der Waals surface area contributed by atoms with Crippen molar-refractivity contribution in [3.05, 3.63) is 30.1 Å². The summed E-state index contributed by atoms with van der Waals surface area (Å²) in [5.41, 5.74) is 6.96. The second kappa shape index (κ2) is 6.10. The number of piperidine rings is 1. The molecule has 1 aliphatic heterocycles. The van der Waals surface area contributed by atoms with Gasteiger partial charge in [0.05, 0.1) is 11.8 Å². The van der Waals surface area contributed by atoms with Gasteiger partial charge in [0.1, 0.15) is 0 Å². The number of rotatable bonds is 4. The third-order valence-corrected chi connectivity index (χ3v) is 3.49. The summed E-state index contributed by atoms with van der Waals surface area (Å²) in [6.07, 6.45) is 4.32. The Kier molecular flexibility index (Phi) is 4.48. The van der Waals surface area contributed by atoms with Crippen LogP contribution in [-0.2, 0) is 11.3 Å². The lowest BCUT2D eigenvalue weighted by molar-refractivity contribution is 0.00978. The van der Waals surface area contributed by atoms with E-state index in [0.717, 1.165) is 31.6 Å². The van der Waals surface area contributed by atoms with Gasteiger partial charge in [0.15, 0.2) is 0 Å². The first-order chi connectivity index (χ1) is 8.33. The SMILES string of the molecule is COC1CCN(Cc2ccccn2)C(CN)C1. The van der Waals surface area contributed by atoms with Gasteiger partial charge >= 0.3 is 0 Å². The Morgan fingerprint density at radius 3 is 3.06 bits per heavy atom. The number of likely N-dealkylation sites (tertiary alicyclic amines) is 1. The van der Waals surface area contributed by atoms with E-state index < -0.39 is 0 Å². The average Bonchev–Trinajstić information content (AvgIpc) is 2.40. The van der Waals surface area contributed by atoms with E-state index in [-0.39, 0.29) is 0 Å². The predicted molar refractivity (Wildman–Crippen MR) is 67.5 cm³/mol. The number of nitrogens with zero attached hydrogens (tertiary/aromatic N) is 2. The van der Waals surface area contributed by atoms with Gasteiger partial charge in [0, 0.05) is 39.0 Å². The molecule has 0 aliphatic carbocycles. The van der Waals surface area contributed by atoms with Gasteiger partial charge in [-0.25, -0.2) is 0 Å². The number of aromatic nitrogens is 1. The maximum Gasteiger partial charge on any atom is 0.0599 e. The van der Waals surface area contributed by atoms with Crippen LogP contribution >= 0.6 is 0 Å². The van der Waals surface area contributed by atoms with E-state index >= 15 is 0 Å². The lowest BCUT2D eigenvalue weighted by Crippen LogP contribution is -2.48. The van der Waals surface area contributed by atoms with E-state index in [0.29, 0.717) is 18.7 Å². The molecule has 1 aromatic rings. The summed E-state index contributed by atoms with van der Waals surface area (Å²) in [6.45, 7) is 2.61. The summed E-state index contributed by atoms with van der Waals surface area (Å²) in [7, 11) is 1.78. The first kappa shape index (κ1) is 12.5. The molecular weight excluding hydrogens is 214 g/mol. The highest BCUT2D eigenvalue weighted by atomic mass is 16.5. The highest BCUT2D eigenvalue weighted by Crippen LogP contribution is 2.20. The van der Waals surface area contributed by atoms with Crippen molar-refractivity contribution in [1.29, 1.82) is 0 Å². The third kappa shape index (κ3) is 3.25. The molecule has 17 heavy (non-hydrogen) atoms. The lowest BCUT2D eigenvalue weighted by Gasteiger charge is -2.38. The monoisotopic (exact) mass is 235 g/mol. The molecule has 2 heterocycles. The molecule has 1 saturated heterocycles. The summed E-state index contributed by atoms with van der Waals surface area (Å²) in [4.78, 5) is 6.78. The van der Waals surface area contributed by atoms with Crippen LogP contribution in [0.1, 0.15) is 18.5 Å². The average molecular weight is 235 g/mol. The van der Waals surface area contributed by atoms with Crippen LogP contribution in [0.5, 0.6) is 0 Å². The Morgan fingerprint density at radius 1 is 1.53 bits per heavy atom.